The van der Waals surface area contributed by atoms with Crippen LogP contribution in [0.5, 0.6) is 11.5 Å². The average molecular weight is 302 g/mol. The molecule has 1 aromatic carbocycles. The van der Waals surface area contributed by atoms with E-state index in [-0.39, 0.29) is 23.2 Å². The van der Waals surface area contributed by atoms with Crippen molar-refractivity contribution in [3.05, 3.63) is 49.1 Å². The third-order valence-electron chi connectivity index (χ3n) is 2.57. The Balaban J connectivity index is 3.15. The summed E-state index contributed by atoms with van der Waals surface area (Å²) in [5.74, 6) is -1.10. The van der Waals surface area contributed by atoms with Gasteiger partial charge in [0.2, 0.25) is 0 Å². The maximum absolute atomic E-state index is 12.1. The molecule has 0 amide bonds. The van der Waals surface area contributed by atoms with Crippen LogP contribution in [0.15, 0.2) is 43.5 Å². The van der Waals surface area contributed by atoms with Crippen LogP contribution >= 0.6 is 0 Å². The first-order chi connectivity index (χ1) is 10.3. The quantitative estimate of drug-likeness (QED) is 0.335. The molecule has 5 nitrogen and oxygen atoms in total. The molecular formula is C17H18O5. The summed E-state index contributed by atoms with van der Waals surface area (Å²) < 4.78 is 9.98. The van der Waals surface area contributed by atoms with E-state index in [1.165, 1.54) is 18.2 Å². The fourth-order valence-corrected chi connectivity index (χ4v) is 1.65. The molecule has 0 spiro atoms. The number of benzene rings is 1. The maximum atomic E-state index is 12.1. The highest BCUT2D eigenvalue weighted by atomic mass is 16.5. The largest absolute Gasteiger partial charge is 0.423 e. The summed E-state index contributed by atoms with van der Waals surface area (Å²) in [7, 11) is 0. The highest BCUT2D eigenvalue weighted by Gasteiger charge is 2.14. The van der Waals surface area contributed by atoms with Crippen molar-refractivity contribution in [2.75, 3.05) is 0 Å². The van der Waals surface area contributed by atoms with E-state index in [1.807, 2.05) is 13.8 Å². The molecule has 116 valence electrons. The summed E-state index contributed by atoms with van der Waals surface area (Å²) in [6, 6.07) is 4.20. The number of ketones is 1. The van der Waals surface area contributed by atoms with E-state index in [2.05, 4.69) is 13.2 Å². The molecular weight excluding hydrogens is 284 g/mol. The molecule has 0 saturated carbocycles. The summed E-state index contributed by atoms with van der Waals surface area (Å²) in [5, 5.41) is 0. The second-order valence-corrected chi connectivity index (χ2v) is 4.96. The Bertz CT molecular complexity index is 573. The fraction of sp³-hybridized carbons (Fsp3) is 0.235. The lowest BCUT2D eigenvalue weighted by molar-refractivity contribution is -0.129. The Hall–Kier alpha value is -2.69. The Morgan fingerprint density at radius 2 is 1.45 bits per heavy atom. The standard InChI is InChI=1S/C17H18O5/c1-5-16(19)21-13-8-12(15(18)7-11(3)4)9-14(10-13)22-17(20)6-2/h5-6,8-11H,1-2,7H2,3-4H3. The summed E-state index contributed by atoms with van der Waals surface area (Å²) >= 11 is 0. The monoisotopic (exact) mass is 302 g/mol. The van der Waals surface area contributed by atoms with E-state index in [1.54, 1.807) is 0 Å². The fourth-order valence-electron chi connectivity index (χ4n) is 1.65. The number of carbonyl (C=O) groups excluding carboxylic acids is 3. The molecule has 0 heterocycles. The molecule has 0 aliphatic rings. The maximum Gasteiger partial charge on any atom is 0.335 e. The first-order valence-electron chi connectivity index (χ1n) is 6.72. The third kappa shape index (κ3) is 5.36. The molecule has 0 aliphatic carbocycles. The minimum Gasteiger partial charge on any atom is -0.423 e. The average Bonchev–Trinajstić information content (AvgIpc) is 2.45. The normalized spacial score (nSPS) is 9.95. The molecule has 5 heteroatoms. The summed E-state index contributed by atoms with van der Waals surface area (Å²) in [6.45, 7) is 10.4. The Morgan fingerprint density at radius 3 is 1.82 bits per heavy atom. The van der Waals surface area contributed by atoms with Gasteiger partial charge in [-0.15, -0.1) is 0 Å². The highest BCUT2D eigenvalue weighted by Crippen LogP contribution is 2.25. The topological polar surface area (TPSA) is 69.7 Å². The van der Waals surface area contributed by atoms with Crippen molar-refractivity contribution in [1.29, 1.82) is 0 Å². The molecule has 0 N–H and O–H groups in total. The number of esters is 2. The molecule has 0 unspecified atom stereocenters. The van der Waals surface area contributed by atoms with E-state index < -0.39 is 11.9 Å². The van der Waals surface area contributed by atoms with Crippen molar-refractivity contribution in [1.82, 2.24) is 0 Å². The number of hydrogen-bond donors (Lipinski definition) is 0. The number of hydrogen-bond acceptors (Lipinski definition) is 5. The van der Waals surface area contributed by atoms with Crippen LogP contribution in [-0.4, -0.2) is 17.7 Å². The lowest BCUT2D eigenvalue weighted by Gasteiger charge is -2.10. The van der Waals surface area contributed by atoms with Crippen LogP contribution in [0.25, 0.3) is 0 Å². The Kier molecular flexibility index (Phi) is 6.25. The van der Waals surface area contributed by atoms with Gasteiger partial charge in [-0.1, -0.05) is 27.0 Å². The van der Waals surface area contributed by atoms with Gasteiger partial charge in [0, 0.05) is 30.2 Å². The van der Waals surface area contributed by atoms with Crippen molar-refractivity contribution in [3.63, 3.8) is 0 Å². The van der Waals surface area contributed by atoms with Crippen LogP contribution in [0.2, 0.25) is 0 Å². The summed E-state index contributed by atoms with van der Waals surface area (Å²) in [4.78, 5) is 34.7. The summed E-state index contributed by atoms with van der Waals surface area (Å²) in [5.41, 5.74) is 0.301. The van der Waals surface area contributed by atoms with Crippen LogP contribution in [-0.2, 0) is 9.59 Å². The molecule has 0 atom stereocenters. The Labute approximate surface area is 129 Å². The predicted molar refractivity (Wildman–Crippen MR) is 81.9 cm³/mol. The third-order valence-corrected chi connectivity index (χ3v) is 2.57. The van der Waals surface area contributed by atoms with Gasteiger partial charge in [-0.05, 0) is 18.1 Å². The van der Waals surface area contributed by atoms with E-state index in [9.17, 15) is 14.4 Å². The van der Waals surface area contributed by atoms with Crippen LogP contribution in [0, 0.1) is 5.92 Å². The zero-order valence-corrected chi connectivity index (χ0v) is 12.6. The molecule has 0 aromatic heterocycles. The number of Topliss-reactive ketones (excluding diaryl/α,β-unsaturated/α-hetero) is 1. The molecule has 0 radical (unpaired) electrons. The Morgan fingerprint density at radius 1 is 1.00 bits per heavy atom. The minimum atomic E-state index is -0.672. The van der Waals surface area contributed by atoms with Crippen molar-refractivity contribution in [3.8, 4) is 11.5 Å². The smallest absolute Gasteiger partial charge is 0.335 e. The van der Waals surface area contributed by atoms with Crippen LogP contribution in [0.3, 0.4) is 0 Å². The number of ether oxygens (including phenoxy) is 2. The van der Waals surface area contributed by atoms with Gasteiger partial charge in [-0.2, -0.15) is 0 Å². The zero-order chi connectivity index (χ0) is 16.7. The van der Waals surface area contributed by atoms with Crippen molar-refractivity contribution < 1.29 is 23.9 Å². The summed E-state index contributed by atoms with van der Waals surface area (Å²) in [6.07, 6.45) is 2.32. The SMILES string of the molecule is C=CC(=O)Oc1cc(OC(=O)C=C)cc(C(=O)CC(C)C)c1. The van der Waals surface area contributed by atoms with Crippen molar-refractivity contribution >= 4 is 17.7 Å². The van der Waals surface area contributed by atoms with E-state index in [0.29, 0.717) is 12.0 Å². The molecule has 1 rings (SSSR count). The lowest BCUT2D eigenvalue weighted by atomic mass is 10.0. The second kappa shape index (κ2) is 7.93. The van der Waals surface area contributed by atoms with Crippen LogP contribution in [0.4, 0.5) is 0 Å². The van der Waals surface area contributed by atoms with Gasteiger partial charge in [0.05, 0.1) is 0 Å². The van der Waals surface area contributed by atoms with Gasteiger partial charge >= 0.3 is 11.9 Å². The van der Waals surface area contributed by atoms with E-state index in [0.717, 1.165) is 12.2 Å². The molecule has 0 aliphatic heterocycles. The molecule has 0 fully saturated rings. The molecule has 22 heavy (non-hydrogen) atoms. The van der Waals surface area contributed by atoms with Gasteiger partial charge < -0.3 is 9.47 Å². The van der Waals surface area contributed by atoms with Crippen LogP contribution in [0.1, 0.15) is 30.6 Å². The van der Waals surface area contributed by atoms with Gasteiger partial charge in [0.15, 0.2) is 5.78 Å². The van der Waals surface area contributed by atoms with Gasteiger partial charge in [0.1, 0.15) is 11.5 Å². The minimum absolute atomic E-state index is 0.103. The first kappa shape index (κ1) is 17.4. The van der Waals surface area contributed by atoms with Gasteiger partial charge in [0.25, 0.3) is 0 Å². The van der Waals surface area contributed by atoms with Crippen molar-refractivity contribution in [2.24, 2.45) is 5.92 Å². The molecule has 1 aromatic rings. The highest BCUT2D eigenvalue weighted by molar-refractivity contribution is 5.97. The molecule has 0 saturated heterocycles. The van der Waals surface area contributed by atoms with Gasteiger partial charge in [-0.3, -0.25) is 4.79 Å². The van der Waals surface area contributed by atoms with Crippen molar-refractivity contribution in [2.45, 2.75) is 20.3 Å². The van der Waals surface area contributed by atoms with Crippen LogP contribution < -0.4 is 9.47 Å². The van der Waals surface area contributed by atoms with E-state index >= 15 is 0 Å². The van der Waals surface area contributed by atoms with E-state index in [4.69, 9.17) is 9.47 Å². The number of carbonyl (C=O) groups is 3. The number of rotatable bonds is 7. The first-order valence-corrected chi connectivity index (χ1v) is 6.72. The molecule has 0 bridgehead atoms. The van der Waals surface area contributed by atoms with Gasteiger partial charge in [-0.25, -0.2) is 9.59 Å². The second-order valence-electron chi connectivity index (χ2n) is 4.96. The lowest BCUT2D eigenvalue weighted by Crippen LogP contribution is -2.09. The zero-order valence-electron chi connectivity index (χ0n) is 12.6. The predicted octanol–water partition coefficient (Wildman–Crippen LogP) is 3.10.